The molecule has 1 amide bonds. The van der Waals surface area contributed by atoms with E-state index in [-0.39, 0.29) is 35.2 Å². The van der Waals surface area contributed by atoms with E-state index >= 15 is 0 Å². The Morgan fingerprint density at radius 1 is 1.31 bits per heavy atom. The zero-order valence-corrected chi connectivity index (χ0v) is 20.6. The molecule has 2 aliphatic rings. The number of amides is 1. The van der Waals surface area contributed by atoms with Crippen molar-refractivity contribution < 1.29 is 23.6 Å². The van der Waals surface area contributed by atoms with Gasteiger partial charge in [0, 0.05) is 29.9 Å². The van der Waals surface area contributed by atoms with Crippen LogP contribution < -0.4 is 4.72 Å². The van der Waals surface area contributed by atoms with Crippen LogP contribution in [-0.2, 0) is 32.2 Å². The topological polar surface area (TPSA) is 83.1 Å². The maximum atomic E-state index is 12.9. The minimum atomic E-state index is -1.19. The Labute approximate surface area is 195 Å². The van der Waals surface area contributed by atoms with Crippen LogP contribution in [0.15, 0.2) is 30.3 Å². The van der Waals surface area contributed by atoms with Gasteiger partial charge in [0.2, 0.25) is 0 Å². The molecule has 8 heteroatoms. The van der Waals surface area contributed by atoms with Gasteiger partial charge in [0.25, 0.3) is 0 Å². The van der Waals surface area contributed by atoms with E-state index in [2.05, 4.69) is 11.6 Å². The molecule has 2 aliphatic heterocycles. The molecule has 1 aromatic carbocycles. The highest BCUT2D eigenvalue weighted by Crippen LogP contribution is 2.37. The SMILES string of the molecule is CC(C)(C)[S+]([O-])N[C@@H](CCCC1OCCO1)[C@]1(C)CCN(C(=O)OCc2ccccc2)C1. The van der Waals surface area contributed by atoms with E-state index < -0.39 is 11.4 Å². The maximum Gasteiger partial charge on any atom is 0.410 e. The molecule has 1 unspecified atom stereocenters. The summed E-state index contributed by atoms with van der Waals surface area (Å²) >= 11 is -1.19. The Kier molecular flexibility index (Phi) is 8.86. The lowest BCUT2D eigenvalue weighted by atomic mass is 9.79. The summed E-state index contributed by atoms with van der Waals surface area (Å²) < 4.78 is 32.6. The first-order valence-electron chi connectivity index (χ1n) is 11.5. The number of carbonyl (C=O) groups is 1. The molecule has 7 nitrogen and oxygen atoms in total. The van der Waals surface area contributed by atoms with Crippen LogP contribution in [-0.4, -0.2) is 58.9 Å². The van der Waals surface area contributed by atoms with Gasteiger partial charge < -0.3 is 23.7 Å². The molecule has 1 aromatic rings. The fraction of sp³-hybridized carbons (Fsp3) is 0.708. The average Bonchev–Trinajstić information content (AvgIpc) is 3.42. The highest BCUT2D eigenvalue weighted by molar-refractivity contribution is 7.90. The van der Waals surface area contributed by atoms with E-state index in [0.717, 1.165) is 31.2 Å². The smallest absolute Gasteiger partial charge is 0.410 e. The highest BCUT2D eigenvalue weighted by Gasteiger charge is 2.45. The van der Waals surface area contributed by atoms with Crippen LogP contribution in [0.5, 0.6) is 0 Å². The van der Waals surface area contributed by atoms with Gasteiger partial charge in [-0.15, -0.1) is 4.72 Å². The van der Waals surface area contributed by atoms with Crippen molar-refractivity contribution in [3.05, 3.63) is 35.9 Å². The Morgan fingerprint density at radius 2 is 2.00 bits per heavy atom. The summed E-state index contributed by atoms with van der Waals surface area (Å²) in [4.78, 5) is 14.5. The monoisotopic (exact) mass is 466 g/mol. The second-order valence-corrected chi connectivity index (χ2v) is 12.0. The van der Waals surface area contributed by atoms with Gasteiger partial charge in [-0.2, -0.15) is 0 Å². The third kappa shape index (κ3) is 7.09. The molecule has 0 aromatic heterocycles. The third-order valence-electron chi connectivity index (χ3n) is 6.24. The van der Waals surface area contributed by atoms with Gasteiger partial charge in [-0.3, -0.25) is 0 Å². The van der Waals surface area contributed by atoms with Gasteiger partial charge >= 0.3 is 6.09 Å². The van der Waals surface area contributed by atoms with Gasteiger partial charge in [-0.05, 0) is 52.0 Å². The molecule has 180 valence electrons. The number of nitrogens with zero attached hydrogens (tertiary/aromatic N) is 1. The summed E-state index contributed by atoms with van der Waals surface area (Å²) in [5, 5.41) is 0. The van der Waals surface area contributed by atoms with E-state index in [9.17, 15) is 9.35 Å². The van der Waals surface area contributed by atoms with Crippen LogP contribution >= 0.6 is 0 Å². The number of nitrogens with one attached hydrogen (secondary N) is 1. The number of likely N-dealkylation sites (tertiary alicyclic amines) is 1. The molecule has 3 atom stereocenters. The lowest BCUT2D eigenvalue weighted by molar-refractivity contribution is -0.0486. The lowest BCUT2D eigenvalue weighted by Crippen LogP contribution is -2.52. The Hall–Kier alpha value is -1.32. The average molecular weight is 467 g/mol. The van der Waals surface area contributed by atoms with Crippen molar-refractivity contribution in [1.82, 2.24) is 9.62 Å². The van der Waals surface area contributed by atoms with Crippen molar-refractivity contribution in [3.63, 3.8) is 0 Å². The minimum absolute atomic E-state index is 0.0101. The van der Waals surface area contributed by atoms with Crippen molar-refractivity contribution in [2.45, 2.75) is 77.1 Å². The van der Waals surface area contributed by atoms with Crippen molar-refractivity contribution in [1.29, 1.82) is 0 Å². The second-order valence-electron chi connectivity index (χ2n) is 10.0. The van der Waals surface area contributed by atoms with Crippen LogP contribution in [0.2, 0.25) is 0 Å². The molecular formula is C24H38N2O5S. The molecule has 2 heterocycles. The molecule has 0 bridgehead atoms. The standard InChI is InChI=1S/C24H38N2O5S/c1-23(2,3)32(28)25-20(11-8-12-21-29-15-16-30-21)24(4)13-14-26(18-24)22(27)31-17-19-9-6-5-7-10-19/h5-7,9-10,20-21,25H,8,11-18H2,1-4H3/t20-,24+,32?/m0/s1. The first-order chi connectivity index (χ1) is 15.2. The van der Waals surface area contributed by atoms with Crippen molar-refractivity contribution in [2.75, 3.05) is 26.3 Å². The number of ether oxygens (including phenoxy) is 3. The van der Waals surface area contributed by atoms with E-state index in [1.54, 1.807) is 4.90 Å². The van der Waals surface area contributed by atoms with Crippen LogP contribution in [0.4, 0.5) is 4.79 Å². The molecule has 0 saturated carbocycles. The van der Waals surface area contributed by atoms with E-state index in [4.69, 9.17) is 14.2 Å². The first kappa shape index (κ1) is 25.3. The Bertz CT molecular complexity index is 723. The van der Waals surface area contributed by atoms with Gasteiger partial charge in [-0.1, -0.05) is 37.3 Å². The normalized spacial score (nSPS) is 24.0. The second kappa shape index (κ2) is 11.2. The molecule has 3 rings (SSSR count). The van der Waals surface area contributed by atoms with Crippen LogP contribution in [0.1, 0.15) is 58.9 Å². The Balaban J connectivity index is 1.58. The fourth-order valence-electron chi connectivity index (χ4n) is 4.15. The molecule has 32 heavy (non-hydrogen) atoms. The third-order valence-corrected chi connectivity index (χ3v) is 7.85. The number of rotatable bonds is 9. The Morgan fingerprint density at radius 3 is 2.66 bits per heavy atom. The number of hydrogen-bond donors (Lipinski definition) is 1. The molecule has 1 N–H and O–H groups in total. The van der Waals surface area contributed by atoms with Crippen LogP contribution in [0, 0.1) is 5.41 Å². The molecule has 0 spiro atoms. The zero-order valence-electron chi connectivity index (χ0n) is 19.8. The van der Waals surface area contributed by atoms with Gasteiger partial charge in [0.05, 0.1) is 19.3 Å². The van der Waals surface area contributed by atoms with Gasteiger partial charge in [0.1, 0.15) is 11.4 Å². The van der Waals surface area contributed by atoms with Gasteiger partial charge in [0.15, 0.2) is 6.29 Å². The number of carbonyl (C=O) groups excluding carboxylic acids is 1. The van der Waals surface area contributed by atoms with Crippen LogP contribution in [0.25, 0.3) is 0 Å². The predicted octanol–water partition coefficient (Wildman–Crippen LogP) is 4.00. The summed E-state index contributed by atoms with van der Waals surface area (Å²) in [6.45, 7) is 10.9. The maximum absolute atomic E-state index is 12.9. The summed E-state index contributed by atoms with van der Waals surface area (Å²) in [6, 6.07) is 9.71. The number of hydrogen-bond acceptors (Lipinski definition) is 6. The summed E-state index contributed by atoms with van der Waals surface area (Å²) in [5.74, 6) is 0. The van der Waals surface area contributed by atoms with Crippen molar-refractivity contribution in [2.24, 2.45) is 5.41 Å². The minimum Gasteiger partial charge on any atom is -0.598 e. The van der Waals surface area contributed by atoms with Gasteiger partial charge in [-0.25, -0.2) is 4.79 Å². The van der Waals surface area contributed by atoms with Crippen LogP contribution in [0.3, 0.4) is 0 Å². The van der Waals surface area contributed by atoms with E-state index in [0.29, 0.717) is 26.3 Å². The molecule has 2 fully saturated rings. The predicted molar refractivity (Wildman–Crippen MR) is 125 cm³/mol. The largest absolute Gasteiger partial charge is 0.598 e. The zero-order chi connectivity index (χ0) is 23.2. The highest BCUT2D eigenvalue weighted by atomic mass is 32.2. The summed E-state index contributed by atoms with van der Waals surface area (Å²) in [5.41, 5.74) is 0.781. The molecule has 0 radical (unpaired) electrons. The summed E-state index contributed by atoms with van der Waals surface area (Å²) in [7, 11) is 0. The van der Waals surface area contributed by atoms with E-state index in [1.165, 1.54) is 0 Å². The lowest BCUT2D eigenvalue weighted by Gasteiger charge is -2.37. The van der Waals surface area contributed by atoms with E-state index in [1.807, 2.05) is 51.1 Å². The first-order valence-corrected chi connectivity index (χ1v) is 12.7. The quantitative estimate of drug-likeness (QED) is 0.554. The fourth-order valence-corrected chi connectivity index (χ4v) is 5.17. The molecular weight excluding hydrogens is 428 g/mol. The molecule has 0 aliphatic carbocycles. The van der Waals surface area contributed by atoms with Crippen molar-refractivity contribution >= 4 is 17.5 Å². The molecule has 2 saturated heterocycles. The number of benzene rings is 1. The summed E-state index contributed by atoms with van der Waals surface area (Å²) in [6.07, 6.45) is 2.97. The van der Waals surface area contributed by atoms with Crippen molar-refractivity contribution in [3.8, 4) is 0 Å².